The second-order valence-corrected chi connectivity index (χ2v) is 4.35. The van der Waals surface area contributed by atoms with Gasteiger partial charge in [0.25, 0.3) is 0 Å². The molecule has 1 aromatic carbocycles. The van der Waals surface area contributed by atoms with Gasteiger partial charge in [-0.3, -0.25) is 0 Å². The van der Waals surface area contributed by atoms with Gasteiger partial charge in [0.15, 0.2) is 0 Å². The number of hydrogen-bond donors (Lipinski definition) is 1. The van der Waals surface area contributed by atoms with E-state index in [0.29, 0.717) is 5.56 Å². The van der Waals surface area contributed by atoms with E-state index in [4.69, 9.17) is 5.11 Å². The molecule has 0 saturated heterocycles. The van der Waals surface area contributed by atoms with Crippen molar-refractivity contribution < 1.29 is 14.8 Å². The van der Waals surface area contributed by atoms with Crippen LogP contribution in [0.4, 0.5) is 5.69 Å². The summed E-state index contributed by atoms with van der Waals surface area (Å²) < 4.78 is 0. The van der Waals surface area contributed by atoms with Crippen LogP contribution in [0.2, 0.25) is 5.32 Å². The zero-order valence-electron chi connectivity index (χ0n) is 8.04. The van der Waals surface area contributed by atoms with Crippen molar-refractivity contribution in [3.63, 3.8) is 0 Å². The molecule has 0 bridgehead atoms. The average Bonchev–Trinajstić information content (AvgIpc) is 2.25. The molecule has 16 heavy (non-hydrogen) atoms. The SMILES string of the molecule is O=C(O)C[Se]C#Cc1ccc([N+](=O)[O-])cc1. The summed E-state index contributed by atoms with van der Waals surface area (Å²) in [4.78, 5) is 22.8. The number of carboxylic acids is 1. The summed E-state index contributed by atoms with van der Waals surface area (Å²) in [6, 6.07) is 5.83. The first-order chi connectivity index (χ1) is 7.59. The van der Waals surface area contributed by atoms with Gasteiger partial charge in [-0.05, 0) is 0 Å². The Hall–Kier alpha value is -1.83. The van der Waals surface area contributed by atoms with Crippen LogP contribution >= 0.6 is 0 Å². The van der Waals surface area contributed by atoms with E-state index in [9.17, 15) is 14.9 Å². The molecule has 6 heteroatoms. The van der Waals surface area contributed by atoms with E-state index in [0.717, 1.165) is 0 Å². The summed E-state index contributed by atoms with van der Waals surface area (Å²) in [6.07, 6.45) is 0. The van der Waals surface area contributed by atoms with E-state index < -0.39 is 10.9 Å². The van der Waals surface area contributed by atoms with Crippen molar-refractivity contribution in [2.75, 3.05) is 0 Å². The summed E-state index contributed by atoms with van der Waals surface area (Å²) in [6.45, 7) is 0. The number of nitro benzene ring substituents is 1. The molecule has 0 aliphatic rings. The van der Waals surface area contributed by atoms with Crippen molar-refractivity contribution >= 4 is 26.6 Å². The van der Waals surface area contributed by atoms with E-state index in [1.54, 1.807) is 12.1 Å². The van der Waals surface area contributed by atoms with Crippen LogP contribution in [0.3, 0.4) is 0 Å². The van der Waals surface area contributed by atoms with E-state index in [-0.39, 0.29) is 26.0 Å². The number of nitrogens with zero attached hydrogens (tertiary/aromatic N) is 1. The van der Waals surface area contributed by atoms with E-state index in [2.05, 4.69) is 10.7 Å². The molecule has 0 saturated carbocycles. The molecule has 1 N–H and O–H groups in total. The molecule has 0 unspecified atom stereocenters. The Morgan fingerprint density at radius 1 is 1.44 bits per heavy atom. The van der Waals surface area contributed by atoms with Crippen LogP contribution in [0.5, 0.6) is 0 Å². The van der Waals surface area contributed by atoms with Gasteiger partial charge in [0, 0.05) is 0 Å². The summed E-state index contributed by atoms with van der Waals surface area (Å²) in [5.74, 6) is 1.90. The molecule has 0 heterocycles. The molecule has 0 aliphatic heterocycles. The third kappa shape index (κ3) is 4.13. The third-order valence-corrected chi connectivity index (χ3v) is 2.88. The van der Waals surface area contributed by atoms with E-state index in [1.807, 2.05) is 0 Å². The summed E-state index contributed by atoms with van der Waals surface area (Å²) in [5, 5.41) is 18.8. The molecule has 1 rings (SSSR count). The van der Waals surface area contributed by atoms with Crippen LogP contribution < -0.4 is 0 Å². The molecule has 1 aromatic rings. The number of rotatable bonds is 3. The zero-order chi connectivity index (χ0) is 12.0. The average molecular weight is 284 g/mol. The second-order valence-electron chi connectivity index (χ2n) is 2.71. The van der Waals surface area contributed by atoms with Crippen molar-refractivity contribution in [2.45, 2.75) is 5.32 Å². The van der Waals surface area contributed by atoms with Crippen LogP contribution in [0.15, 0.2) is 24.3 Å². The Morgan fingerprint density at radius 3 is 2.56 bits per heavy atom. The molecule has 0 radical (unpaired) electrons. The number of aliphatic carboxylic acids is 1. The first-order valence-electron chi connectivity index (χ1n) is 4.18. The Morgan fingerprint density at radius 2 is 2.06 bits per heavy atom. The number of non-ortho nitro benzene ring substituents is 1. The number of nitro groups is 1. The van der Waals surface area contributed by atoms with Gasteiger partial charge in [-0.1, -0.05) is 0 Å². The molecular formula is C10H7NO4Se. The van der Waals surface area contributed by atoms with Gasteiger partial charge in [0.1, 0.15) is 0 Å². The molecule has 0 aromatic heterocycles. The third-order valence-electron chi connectivity index (χ3n) is 1.54. The van der Waals surface area contributed by atoms with Gasteiger partial charge in [-0.2, -0.15) is 0 Å². The number of hydrogen-bond acceptors (Lipinski definition) is 3. The molecule has 0 spiro atoms. The van der Waals surface area contributed by atoms with Crippen molar-refractivity contribution in [1.82, 2.24) is 0 Å². The predicted molar refractivity (Wildman–Crippen MR) is 58.2 cm³/mol. The monoisotopic (exact) mass is 285 g/mol. The summed E-state index contributed by atoms with van der Waals surface area (Å²) >= 11 is -0.256. The minimum absolute atomic E-state index is 0.0154. The molecule has 0 aliphatic carbocycles. The molecule has 0 fully saturated rings. The fraction of sp³-hybridized carbons (Fsp3) is 0.100. The second kappa shape index (κ2) is 5.91. The van der Waals surface area contributed by atoms with Crippen LogP contribution in [0, 0.1) is 20.9 Å². The zero-order valence-corrected chi connectivity index (χ0v) is 9.76. The van der Waals surface area contributed by atoms with Gasteiger partial charge in [0.2, 0.25) is 0 Å². The van der Waals surface area contributed by atoms with Crippen LogP contribution in [-0.4, -0.2) is 31.0 Å². The van der Waals surface area contributed by atoms with Crippen molar-refractivity contribution in [3.8, 4) is 10.7 Å². The van der Waals surface area contributed by atoms with Crippen molar-refractivity contribution in [1.29, 1.82) is 0 Å². The maximum absolute atomic E-state index is 10.4. The molecular weight excluding hydrogens is 277 g/mol. The first kappa shape index (κ1) is 12.2. The normalized spacial score (nSPS) is 9.00. The topological polar surface area (TPSA) is 80.4 Å². The van der Waals surface area contributed by atoms with Crippen molar-refractivity contribution in [2.24, 2.45) is 0 Å². The van der Waals surface area contributed by atoms with Crippen LogP contribution in [0.25, 0.3) is 0 Å². The number of carbonyl (C=O) groups is 1. The molecule has 0 atom stereocenters. The van der Waals surface area contributed by atoms with Gasteiger partial charge in [-0.15, -0.1) is 0 Å². The molecule has 82 valence electrons. The van der Waals surface area contributed by atoms with Gasteiger partial charge < -0.3 is 0 Å². The van der Waals surface area contributed by atoms with Crippen LogP contribution in [0.1, 0.15) is 5.56 Å². The van der Waals surface area contributed by atoms with E-state index in [1.165, 1.54) is 12.1 Å². The Kier molecular flexibility index (Phi) is 4.52. The molecule has 0 amide bonds. The maximum atomic E-state index is 10.4. The van der Waals surface area contributed by atoms with Crippen molar-refractivity contribution in [3.05, 3.63) is 39.9 Å². The Balaban J connectivity index is 2.61. The fourth-order valence-corrected chi connectivity index (χ4v) is 1.67. The van der Waals surface area contributed by atoms with Gasteiger partial charge in [0.05, 0.1) is 0 Å². The fourth-order valence-electron chi connectivity index (χ4n) is 0.859. The summed E-state index contributed by atoms with van der Waals surface area (Å²) in [7, 11) is 0. The Bertz CT molecular complexity index is 458. The van der Waals surface area contributed by atoms with E-state index >= 15 is 0 Å². The first-order valence-corrected chi connectivity index (χ1v) is 6.25. The predicted octanol–water partition coefficient (Wildman–Crippen LogP) is 1.11. The van der Waals surface area contributed by atoms with Gasteiger partial charge >= 0.3 is 97.4 Å². The molecule has 5 nitrogen and oxygen atoms in total. The number of benzene rings is 1. The minimum atomic E-state index is -0.863. The standard InChI is InChI=1S/C10H7NO4Se/c12-10(13)7-16-6-5-8-1-3-9(4-2-8)11(14)15/h1-4H,7H2,(H,12,13). The quantitative estimate of drug-likeness (QED) is 0.390. The van der Waals surface area contributed by atoms with Crippen LogP contribution in [-0.2, 0) is 4.79 Å². The number of carboxylic acid groups (broad SMARTS) is 1. The summed E-state index contributed by atoms with van der Waals surface area (Å²) in [5.41, 5.74) is 0.666. The Labute approximate surface area is 97.8 Å². The van der Waals surface area contributed by atoms with Gasteiger partial charge in [-0.25, -0.2) is 0 Å².